The molecule has 5 heteroatoms. The lowest BCUT2D eigenvalue weighted by atomic mass is 9.74. The summed E-state index contributed by atoms with van der Waals surface area (Å²) in [5, 5.41) is 3.59. The lowest BCUT2D eigenvalue weighted by Crippen LogP contribution is -2.43. The van der Waals surface area contributed by atoms with Crippen LogP contribution < -0.4 is 5.32 Å². The summed E-state index contributed by atoms with van der Waals surface area (Å²) in [4.78, 5) is 2.80. The second-order valence-electron chi connectivity index (χ2n) is 6.42. The minimum absolute atomic E-state index is 0.328. The molecule has 2 heterocycles. The fourth-order valence-electron chi connectivity index (χ4n) is 4.17. The normalized spacial score (nSPS) is 33.0. The molecule has 0 amide bonds. The van der Waals surface area contributed by atoms with Gasteiger partial charge >= 0.3 is 0 Å². The third-order valence-electron chi connectivity index (χ3n) is 5.04. The van der Waals surface area contributed by atoms with Crippen LogP contribution in [0.4, 0.5) is 5.69 Å². The largest absolute Gasteiger partial charge is 0.378 e. The van der Waals surface area contributed by atoms with Crippen LogP contribution in [0.15, 0.2) is 22.7 Å². The van der Waals surface area contributed by atoms with E-state index in [0.29, 0.717) is 22.8 Å². The van der Waals surface area contributed by atoms with E-state index in [9.17, 15) is 0 Å². The summed E-state index contributed by atoms with van der Waals surface area (Å²) in [6.07, 6.45) is 3.56. The van der Waals surface area contributed by atoms with Crippen LogP contribution in [0.1, 0.15) is 23.5 Å². The van der Waals surface area contributed by atoms with E-state index in [4.69, 9.17) is 4.74 Å². The lowest BCUT2D eigenvalue weighted by molar-refractivity contribution is 0.183. The number of alkyl halides is 1. The van der Waals surface area contributed by atoms with Crippen molar-refractivity contribution < 1.29 is 4.74 Å². The van der Waals surface area contributed by atoms with Crippen molar-refractivity contribution in [3.63, 3.8) is 0 Å². The zero-order valence-electron chi connectivity index (χ0n) is 12.6. The highest BCUT2D eigenvalue weighted by Gasteiger charge is 2.43. The van der Waals surface area contributed by atoms with Gasteiger partial charge in [0.25, 0.3) is 0 Å². The Balaban J connectivity index is 1.86. The fraction of sp³-hybridized carbons (Fsp3) is 0.471. The Morgan fingerprint density at radius 1 is 1.41 bits per heavy atom. The molecule has 0 fully saturated rings. The number of nitrogens with one attached hydrogen (secondary N) is 1. The number of methoxy groups -OCH3 is 1. The first-order valence-corrected chi connectivity index (χ1v) is 9.32. The van der Waals surface area contributed by atoms with E-state index in [1.165, 1.54) is 22.4 Å². The van der Waals surface area contributed by atoms with Crippen molar-refractivity contribution in [3.05, 3.63) is 40.4 Å². The molecule has 4 atom stereocenters. The molecule has 2 unspecified atom stereocenters. The zero-order valence-corrected chi connectivity index (χ0v) is 15.8. The van der Waals surface area contributed by atoms with Crippen molar-refractivity contribution >= 4 is 43.1 Å². The van der Waals surface area contributed by atoms with Gasteiger partial charge in [0, 0.05) is 41.7 Å². The maximum absolute atomic E-state index is 5.27. The molecular formula is C17H19Br2N2O. The van der Waals surface area contributed by atoms with Gasteiger partial charge in [-0.05, 0) is 42.3 Å². The summed E-state index contributed by atoms with van der Waals surface area (Å²) < 4.78 is 6.41. The summed E-state index contributed by atoms with van der Waals surface area (Å²) in [6, 6.07) is 4.96. The molecule has 0 spiro atoms. The monoisotopic (exact) mass is 425 g/mol. The van der Waals surface area contributed by atoms with E-state index in [1.54, 1.807) is 7.11 Å². The molecular weight excluding hydrogens is 408 g/mol. The van der Waals surface area contributed by atoms with Crippen LogP contribution in [-0.4, -0.2) is 36.6 Å². The van der Waals surface area contributed by atoms with Crippen LogP contribution in [0.2, 0.25) is 0 Å². The Morgan fingerprint density at radius 3 is 3.00 bits per heavy atom. The van der Waals surface area contributed by atoms with Gasteiger partial charge in [-0.15, -0.1) is 0 Å². The SMILES string of the molecule is CO[CH][C@@H]1C=C2c3cc(Br)cc4c3C(C[C@H]2N(C)C1)C(Br)N4. The van der Waals surface area contributed by atoms with E-state index in [1.807, 2.05) is 6.61 Å². The maximum Gasteiger partial charge on any atom is 0.0913 e. The van der Waals surface area contributed by atoms with Crippen LogP contribution in [0, 0.1) is 12.5 Å². The third kappa shape index (κ3) is 2.29. The summed E-state index contributed by atoms with van der Waals surface area (Å²) in [6.45, 7) is 2.96. The van der Waals surface area contributed by atoms with Gasteiger partial charge in [0.05, 0.1) is 11.6 Å². The lowest BCUT2D eigenvalue weighted by Gasteiger charge is -2.42. The zero-order chi connectivity index (χ0) is 15.4. The Bertz CT molecular complexity index is 646. The Kier molecular flexibility index (Phi) is 3.88. The van der Waals surface area contributed by atoms with Crippen molar-refractivity contribution in [2.45, 2.75) is 23.3 Å². The topological polar surface area (TPSA) is 24.5 Å². The van der Waals surface area contributed by atoms with E-state index >= 15 is 0 Å². The maximum atomic E-state index is 5.27. The number of anilines is 1. The quantitative estimate of drug-likeness (QED) is 0.566. The summed E-state index contributed by atoms with van der Waals surface area (Å²) in [5.41, 5.74) is 5.57. The van der Waals surface area contributed by atoms with Crippen LogP contribution in [-0.2, 0) is 4.74 Å². The minimum atomic E-state index is 0.328. The molecule has 2 aliphatic heterocycles. The number of rotatable bonds is 2. The van der Waals surface area contributed by atoms with Gasteiger partial charge in [0.2, 0.25) is 0 Å². The minimum Gasteiger partial charge on any atom is -0.378 e. The Hall–Kier alpha value is -0.360. The van der Waals surface area contributed by atoms with Crippen molar-refractivity contribution in [1.29, 1.82) is 0 Å². The van der Waals surface area contributed by atoms with E-state index in [-0.39, 0.29) is 0 Å². The molecule has 1 aromatic rings. The summed E-state index contributed by atoms with van der Waals surface area (Å²) in [5.74, 6) is 0.882. The van der Waals surface area contributed by atoms with Crippen molar-refractivity contribution in [1.82, 2.24) is 4.90 Å². The second kappa shape index (κ2) is 5.62. The van der Waals surface area contributed by atoms with E-state index in [0.717, 1.165) is 17.4 Å². The van der Waals surface area contributed by atoms with Crippen LogP contribution in [0.3, 0.4) is 0 Å². The highest BCUT2D eigenvalue weighted by Crippen LogP contribution is 2.52. The van der Waals surface area contributed by atoms with Gasteiger partial charge in [0.15, 0.2) is 0 Å². The van der Waals surface area contributed by atoms with Crippen molar-refractivity contribution in [2.24, 2.45) is 5.92 Å². The van der Waals surface area contributed by atoms with Gasteiger partial charge in [-0.2, -0.15) is 0 Å². The molecule has 0 saturated heterocycles. The van der Waals surface area contributed by atoms with Crippen molar-refractivity contribution in [3.8, 4) is 0 Å². The van der Waals surface area contributed by atoms with Crippen LogP contribution in [0.25, 0.3) is 5.57 Å². The average molecular weight is 427 g/mol. The Morgan fingerprint density at radius 2 is 2.23 bits per heavy atom. The smallest absolute Gasteiger partial charge is 0.0913 e. The second-order valence-corrected chi connectivity index (χ2v) is 8.32. The molecule has 1 N–H and O–H groups in total. The molecule has 22 heavy (non-hydrogen) atoms. The first kappa shape index (κ1) is 15.2. The first-order valence-electron chi connectivity index (χ1n) is 7.61. The summed E-state index contributed by atoms with van der Waals surface area (Å²) >= 11 is 7.49. The third-order valence-corrected chi connectivity index (χ3v) is 6.37. The molecule has 0 saturated carbocycles. The number of halogens is 2. The van der Waals surface area contributed by atoms with Gasteiger partial charge in [-0.25, -0.2) is 0 Å². The van der Waals surface area contributed by atoms with Gasteiger partial charge in [-0.3, -0.25) is 4.90 Å². The molecule has 0 aromatic heterocycles. The van der Waals surface area contributed by atoms with Gasteiger partial charge in [0.1, 0.15) is 0 Å². The number of hydrogen-bond donors (Lipinski definition) is 1. The number of benzene rings is 1. The molecule has 1 radical (unpaired) electrons. The Labute approximate surface area is 148 Å². The number of nitrogens with zero attached hydrogens (tertiary/aromatic N) is 1. The van der Waals surface area contributed by atoms with Gasteiger partial charge < -0.3 is 10.1 Å². The predicted octanol–water partition coefficient (Wildman–Crippen LogP) is 4.20. The average Bonchev–Trinajstić information content (AvgIpc) is 2.77. The predicted molar refractivity (Wildman–Crippen MR) is 97.0 cm³/mol. The summed E-state index contributed by atoms with van der Waals surface area (Å²) in [7, 11) is 3.96. The fourth-order valence-corrected chi connectivity index (χ4v) is 5.36. The van der Waals surface area contributed by atoms with Crippen molar-refractivity contribution in [2.75, 3.05) is 26.0 Å². The number of hydrogen-bond acceptors (Lipinski definition) is 3. The molecule has 117 valence electrons. The van der Waals surface area contributed by atoms with Crippen LogP contribution in [0.5, 0.6) is 0 Å². The molecule has 3 nitrogen and oxygen atoms in total. The van der Waals surface area contributed by atoms with E-state index in [2.05, 4.69) is 67.3 Å². The first-order chi connectivity index (χ1) is 10.6. The number of ether oxygens (including phenoxy) is 1. The highest BCUT2D eigenvalue weighted by atomic mass is 79.9. The molecule has 0 bridgehead atoms. The van der Waals surface area contributed by atoms with Crippen LogP contribution >= 0.6 is 31.9 Å². The standard InChI is InChI=1S/C17H19Br2N2O/c1-21-7-9(8-22-2)3-11-12-4-10(18)5-14-16(12)13(6-15(11)21)17(19)20-14/h3-5,8-9,13,15,17,20H,6-7H2,1-2H3/t9-,13?,15-,17?/m1/s1. The number of likely N-dealkylation sites (N-methyl/N-ethyl adjacent to an activating group) is 1. The molecule has 3 aliphatic rings. The molecule has 1 aliphatic carbocycles. The highest BCUT2D eigenvalue weighted by molar-refractivity contribution is 9.10. The molecule has 1 aromatic carbocycles. The van der Waals surface area contributed by atoms with Gasteiger partial charge in [-0.1, -0.05) is 37.9 Å². The molecule has 4 rings (SSSR count). The number of fused-ring (bicyclic) bond motifs is 2. The van der Waals surface area contributed by atoms with E-state index < -0.39 is 0 Å².